The Morgan fingerprint density at radius 3 is 2.73 bits per heavy atom. The number of amides is 1. The molecule has 0 aliphatic heterocycles. The Hall–Kier alpha value is -2.09. The molecule has 1 aromatic heterocycles. The minimum absolute atomic E-state index is 0.175. The average molecular weight is 214 g/mol. The van der Waals surface area contributed by atoms with Crippen LogP contribution in [-0.2, 0) is 11.8 Å². The van der Waals surface area contributed by atoms with E-state index in [9.17, 15) is 14.4 Å². The molecule has 1 amide bonds. The summed E-state index contributed by atoms with van der Waals surface area (Å²) in [4.78, 5) is 35.0. The zero-order valence-electron chi connectivity index (χ0n) is 7.90. The van der Waals surface area contributed by atoms with E-state index < -0.39 is 23.8 Å². The lowest BCUT2D eigenvalue weighted by Crippen LogP contribution is -2.34. The normalized spacial score (nSPS) is 10.0. The molecule has 1 aromatic rings. The van der Waals surface area contributed by atoms with Crippen LogP contribution in [0.4, 0.5) is 11.5 Å². The van der Waals surface area contributed by atoms with Crippen molar-refractivity contribution in [1.29, 1.82) is 0 Å². The van der Waals surface area contributed by atoms with Crippen LogP contribution in [0.1, 0.15) is 0 Å². The van der Waals surface area contributed by atoms with Crippen molar-refractivity contribution in [3.63, 3.8) is 0 Å². The summed E-state index contributed by atoms with van der Waals surface area (Å²) in [5.41, 5.74) is 3.69. The molecule has 0 atom stereocenters. The predicted octanol–water partition coefficient (Wildman–Crippen LogP) is -2.41. The van der Waals surface area contributed by atoms with Gasteiger partial charge in [-0.25, -0.2) is 4.79 Å². The molecule has 0 fully saturated rings. The van der Waals surface area contributed by atoms with Crippen molar-refractivity contribution < 1.29 is 9.90 Å². The molecular weight excluding hydrogens is 204 g/mol. The van der Waals surface area contributed by atoms with Crippen molar-refractivity contribution in [3.8, 4) is 0 Å². The summed E-state index contributed by atoms with van der Waals surface area (Å²) in [6, 6.07) is 0. The maximum atomic E-state index is 11.2. The first kappa shape index (κ1) is 11.0. The van der Waals surface area contributed by atoms with Crippen LogP contribution in [0.25, 0.3) is 0 Å². The van der Waals surface area contributed by atoms with Crippen LogP contribution >= 0.6 is 0 Å². The summed E-state index contributed by atoms with van der Waals surface area (Å²) >= 11 is 0. The number of H-pyrrole nitrogens is 1. The van der Waals surface area contributed by atoms with Gasteiger partial charge in [0, 0.05) is 7.05 Å². The van der Waals surface area contributed by atoms with Crippen molar-refractivity contribution in [3.05, 3.63) is 20.8 Å². The van der Waals surface area contributed by atoms with Crippen molar-refractivity contribution in [2.75, 3.05) is 17.7 Å². The zero-order chi connectivity index (χ0) is 11.6. The van der Waals surface area contributed by atoms with Crippen LogP contribution in [0.2, 0.25) is 0 Å². The summed E-state index contributed by atoms with van der Waals surface area (Å²) in [5, 5.41) is 10.5. The highest BCUT2D eigenvalue weighted by Crippen LogP contribution is 2.07. The topological polar surface area (TPSA) is 130 Å². The highest BCUT2D eigenvalue weighted by atomic mass is 16.3. The Morgan fingerprint density at radius 1 is 1.60 bits per heavy atom. The first-order valence-electron chi connectivity index (χ1n) is 3.97. The number of carbonyl (C=O) groups is 1. The summed E-state index contributed by atoms with van der Waals surface area (Å²) in [5.74, 6) is -0.962. The third-order valence-corrected chi connectivity index (χ3v) is 1.78. The maximum absolute atomic E-state index is 11.2. The molecule has 82 valence electrons. The number of nitrogens with two attached hydrogens (primary N) is 1. The zero-order valence-corrected chi connectivity index (χ0v) is 7.90. The number of carbonyl (C=O) groups excluding carboxylic acids is 1. The number of anilines is 2. The van der Waals surface area contributed by atoms with Gasteiger partial charge >= 0.3 is 5.69 Å². The average Bonchev–Trinajstić information content (AvgIpc) is 2.21. The Balaban J connectivity index is 3.31. The molecule has 0 saturated heterocycles. The molecule has 8 nitrogen and oxygen atoms in total. The van der Waals surface area contributed by atoms with Gasteiger partial charge in [0.25, 0.3) is 5.56 Å². The van der Waals surface area contributed by atoms with Gasteiger partial charge in [0.1, 0.15) is 18.1 Å². The highest BCUT2D eigenvalue weighted by molar-refractivity contribution is 5.93. The van der Waals surface area contributed by atoms with E-state index in [4.69, 9.17) is 10.8 Å². The fourth-order valence-corrected chi connectivity index (χ4v) is 0.937. The molecule has 8 heteroatoms. The lowest BCUT2D eigenvalue weighted by Gasteiger charge is -2.08. The van der Waals surface area contributed by atoms with Crippen LogP contribution in [0, 0.1) is 0 Å². The van der Waals surface area contributed by atoms with Gasteiger partial charge in [0.05, 0.1) is 0 Å². The van der Waals surface area contributed by atoms with Gasteiger partial charge in [-0.05, 0) is 0 Å². The largest absolute Gasteiger partial charge is 0.387 e. The number of aliphatic hydroxyl groups excluding tert-OH is 1. The first-order valence-corrected chi connectivity index (χ1v) is 3.97. The molecule has 5 N–H and O–H groups in total. The van der Waals surface area contributed by atoms with Gasteiger partial charge in [-0.15, -0.1) is 0 Å². The fourth-order valence-electron chi connectivity index (χ4n) is 0.937. The molecule has 0 unspecified atom stereocenters. The monoisotopic (exact) mass is 214 g/mol. The number of hydrogen-bond donors (Lipinski definition) is 4. The summed E-state index contributed by atoms with van der Waals surface area (Å²) in [7, 11) is 1.34. The van der Waals surface area contributed by atoms with Gasteiger partial charge < -0.3 is 16.2 Å². The van der Waals surface area contributed by atoms with E-state index in [1.807, 2.05) is 4.98 Å². The number of nitrogen functional groups attached to an aromatic ring is 1. The van der Waals surface area contributed by atoms with Crippen molar-refractivity contribution in [2.45, 2.75) is 0 Å². The van der Waals surface area contributed by atoms with Crippen molar-refractivity contribution in [1.82, 2.24) is 9.55 Å². The highest BCUT2D eigenvalue weighted by Gasteiger charge is 2.11. The van der Waals surface area contributed by atoms with Gasteiger partial charge in [0.15, 0.2) is 0 Å². The number of nitrogens with zero attached hydrogens (tertiary/aromatic N) is 1. The van der Waals surface area contributed by atoms with Crippen LogP contribution in [-0.4, -0.2) is 27.2 Å². The molecular formula is C7H10N4O4. The quantitative estimate of drug-likeness (QED) is 0.435. The molecule has 0 radical (unpaired) electrons. The van der Waals surface area contributed by atoms with E-state index in [2.05, 4.69) is 5.32 Å². The molecule has 1 heterocycles. The third kappa shape index (κ3) is 2.05. The van der Waals surface area contributed by atoms with Gasteiger partial charge in [-0.3, -0.25) is 19.1 Å². The second kappa shape index (κ2) is 3.96. The Labute approximate surface area is 83.3 Å². The lowest BCUT2D eigenvalue weighted by atomic mass is 10.4. The minimum Gasteiger partial charge on any atom is -0.387 e. The fraction of sp³-hybridized carbons (Fsp3) is 0.286. The van der Waals surface area contributed by atoms with Crippen molar-refractivity contribution in [2.24, 2.45) is 7.05 Å². The van der Waals surface area contributed by atoms with Crippen LogP contribution in [0.3, 0.4) is 0 Å². The maximum Gasteiger partial charge on any atom is 0.329 e. The van der Waals surface area contributed by atoms with E-state index in [-0.39, 0.29) is 11.5 Å². The Bertz CT molecular complexity index is 501. The molecule has 0 spiro atoms. The molecule has 0 bridgehead atoms. The SMILES string of the molecule is Cn1c(N)c(NC(=O)CO)c(=O)[nH]c1=O. The van der Waals surface area contributed by atoms with Crippen LogP contribution in [0.15, 0.2) is 9.59 Å². The lowest BCUT2D eigenvalue weighted by molar-refractivity contribution is -0.118. The summed E-state index contributed by atoms with van der Waals surface area (Å²) < 4.78 is 0.967. The second-order valence-corrected chi connectivity index (χ2v) is 2.78. The van der Waals surface area contributed by atoms with E-state index in [0.717, 1.165) is 4.57 Å². The summed E-state index contributed by atoms with van der Waals surface area (Å²) in [6.07, 6.45) is 0. The third-order valence-electron chi connectivity index (χ3n) is 1.78. The number of aliphatic hydroxyl groups is 1. The smallest absolute Gasteiger partial charge is 0.329 e. The van der Waals surface area contributed by atoms with E-state index >= 15 is 0 Å². The number of rotatable bonds is 2. The number of aromatic nitrogens is 2. The van der Waals surface area contributed by atoms with Gasteiger partial charge in [0.2, 0.25) is 5.91 Å². The number of aromatic amines is 1. The van der Waals surface area contributed by atoms with Crippen molar-refractivity contribution >= 4 is 17.4 Å². The van der Waals surface area contributed by atoms with Crippen LogP contribution < -0.4 is 22.3 Å². The summed E-state index contributed by atoms with van der Waals surface area (Å²) in [6.45, 7) is -0.776. The van der Waals surface area contributed by atoms with Gasteiger partial charge in [-0.2, -0.15) is 0 Å². The molecule has 1 rings (SSSR count). The Kier molecular flexibility index (Phi) is 2.90. The minimum atomic E-state index is -0.808. The molecule has 15 heavy (non-hydrogen) atoms. The van der Waals surface area contributed by atoms with E-state index in [1.165, 1.54) is 7.05 Å². The van der Waals surface area contributed by atoms with Crippen LogP contribution in [0.5, 0.6) is 0 Å². The van der Waals surface area contributed by atoms with E-state index in [0.29, 0.717) is 0 Å². The number of hydrogen-bond acceptors (Lipinski definition) is 5. The number of nitrogens with one attached hydrogen (secondary N) is 2. The standard InChI is InChI=1S/C7H10N4O4/c1-11-5(8)4(9-3(13)2-12)6(14)10-7(11)15/h12H,2,8H2,1H3,(H,9,13)(H,10,14,15). The molecule has 0 saturated carbocycles. The first-order chi connectivity index (χ1) is 6.97. The molecule has 0 aliphatic carbocycles. The second-order valence-electron chi connectivity index (χ2n) is 2.78. The molecule has 0 aliphatic rings. The Morgan fingerprint density at radius 2 is 2.20 bits per heavy atom. The van der Waals surface area contributed by atoms with E-state index in [1.54, 1.807) is 0 Å². The predicted molar refractivity (Wildman–Crippen MR) is 52.4 cm³/mol. The molecule has 0 aromatic carbocycles. The van der Waals surface area contributed by atoms with Gasteiger partial charge in [-0.1, -0.05) is 0 Å².